The summed E-state index contributed by atoms with van der Waals surface area (Å²) in [4.78, 5) is 4.05. The van der Waals surface area contributed by atoms with Gasteiger partial charge in [0.05, 0.1) is 0 Å². The number of pyridine rings is 1. The molecule has 0 spiro atoms. The number of hydrogen-bond acceptors (Lipinski definition) is 3. The SMILES string of the molecule is Fc1cccc(O[C@H]2C[C@H](NCc3c(F)ccc4cnccc34)C2)c1F. The number of halogens is 3. The molecule has 134 valence electrons. The van der Waals surface area contributed by atoms with Crippen molar-refractivity contribution in [2.75, 3.05) is 0 Å². The number of nitrogens with zero attached hydrogens (tertiary/aromatic N) is 1. The van der Waals surface area contributed by atoms with Crippen LogP contribution in [0.25, 0.3) is 10.8 Å². The standard InChI is InChI=1S/C20H17F3N2O/c21-17-5-4-12-10-24-7-6-15(12)16(17)11-25-13-8-14(9-13)26-19-3-1-2-18(22)20(19)23/h1-7,10,13-14,25H,8-9,11H2/t13-,14-. The van der Waals surface area contributed by atoms with Gasteiger partial charge in [-0.2, -0.15) is 4.39 Å². The van der Waals surface area contributed by atoms with Crippen LogP contribution in [0.5, 0.6) is 5.75 Å². The second-order valence-corrected chi connectivity index (χ2v) is 6.46. The molecule has 1 N–H and O–H groups in total. The van der Waals surface area contributed by atoms with E-state index in [-0.39, 0.29) is 23.7 Å². The lowest BCUT2D eigenvalue weighted by molar-refractivity contribution is 0.0795. The Kier molecular flexibility index (Phi) is 4.51. The predicted octanol–water partition coefficient (Wildman–Crippen LogP) is 4.35. The summed E-state index contributed by atoms with van der Waals surface area (Å²) in [6.45, 7) is 0.388. The van der Waals surface area contributed by atoms with Gasteiger partial charge in [-0.3, -0.25) is 4.98 Å². The zero-order valence-corrected chi connectivity index (χ0v) is 13.9. The average molecular weight is 358 g/mol. The van der Waals surface area contributed by atoms with E-state index in [0.717, 1.165) is 16.8 Å². The molecular formula is C20H17F3N2O. The molecule has 0 radical (unpaired) electrons. The summed E-state index contributed by atoms with van der Waals surface area (Å²) in [6.07, 6.45) is 4.49. The van der Waals surface area contributed by atoms with Gasteiger partial charge in [-0.15, -0.1) is 0 Å². The fourth-order valence-corrected chi connectivity index (χ4v) is 3.22. The summed E-state index contributed by atoms with van der Waals surface area (Å²) in [6, 6.07) is 8.99. The van der Waals surface area contributed by atoms with E-state index in [1.807, 2.05) is 0 Å². The highest BCUT2D eigenvalue weighted by Gasteiger charge is 2.31. The maximum atomic E-state index is 14.2. The van der Waals surface area contributed by atoms with Crippen LogP contribution < -0.4 is 10.1 Å². The summed E-state index contributed by atoms with van der Waals surface area (Å²) < 4.78 is 46.5. The molecule has 1 heterocycles. The van der Waals surface area contributed by atoms with Crippen LogP contribution in [-0.2, 0) is 6.54 Å². The van der Waals surface area contributed by atoms with Crippen molar-refractivity contribution in [1.29, 1.82) is 0 Å². The van der Waals surface area contributed by atoms with E-state index in [4.69, 9.17) is 4.74 Å². The highest BCUT2D eigenvalue weighted by atomic mass is 19.2. The molecule has 1 aromatic heterocycles. The Morgan fingerprint density at radius 1 is 1.04 bits per heavy atom. The summed E-state index contributed by atoms with van der Waals surface area (Å²) in [5, 5.41) is 5.03. The third-order valence-corrected chi connectivity index (χ3v) is 4.75. The third-order valence-electron chi connectivity index (χ3n) is 4.75. The smallest absolute Gasteiger partial charge is 0.200 e. The highest BCUT2D eigenvalue weighted by molar-refractivity contribution is 5.84. The molecule has 0 saturated heterocycles. The Labute approximate surface area is 148 Å². The molecule has 1 aliphatic rings. The largest absolute Gasteiger partial charge is 0.487 e. The maximum absolute atomic E-state index is 14.2. The van der Waals surface area contributed by atoms with Gasteiger partial charge in [0.15, 0.2) is 11.6 Å². The van der Waals surface area contributed by atoms with Crippen LogP contribution in [0, 0.1) is 17.5 Å². The third kappa shape index (κ3) is 3.24. The molecule has 3 aromatic rings. The number of nitrogens with one attached hydrogen (secondary N) is 1. The van der Waals surface area contributed by atoms with Crippen molar-refractivity contribution in [2.24, 2.45) is 0 Å². The molecule has 0 amide bonds. The topological polar surface area (TPSA) is 34.1 Å². The molecule has 2 aromatic carbocycles. The van der Waals surface area contributed by atoms with Crippen molar-refractivity contribution in [2.45, 2.75) is 31.5 Å². The Morgan fingerprint density at radius 3 is 2.73 bits per heavy atom. The van der Waals surface area contributed by atoms with Crippen molar-refractivity contribution in [1.82, 2.24) is 10.3 Å². The van der Waals surface area contributed by atoms with E-state index in [0.29, 0.717) is 24.9 Å². The van der Waals surface area contributed by atoms with Gasteiger partial charge >= 0.3 is 0 Å². The maximum Gasteiger partial charge on any atom is 0.200 e. The van der Waals surface area contributed by atoms with E-state index in [2.05, 4.69) is 10.3 Å². The lowest BCUT2D eigenvalue weighted by Gasteiger charge is -2.36. The van der Waals surface area contributed by atoms with Crippen molar-refractivity contribution in [3.63, 3.8) is 0 Å². The van der Waals surface area contributed by atoms with Gasteiger partial charge in [-0.25, -0.2) is 8.78 Å². The molecule has 4 rings (SSSR count). The molecule has 1 saturated carbocycles. The lowest BCUT2D eigenvalue weighted by Crippen LogP contribution is -2.46. The predicted molar refractivity (Wildman–Crippen MR) is 92.3 cm³/mol. The normalized spacial score (nSPS) is 19.3. The van der Waals surface area contributed by atoms with Gasteiger partial charge in [-0.05, 0) is 48.6 Å². The molecule has 26 heavy (non-hydrogen) atoms. The quantitative estimate of drug-likeness (QED) is 0.736. The van der Waals surface area contributed by atoms with Crippen LogP contribution in [-0.4, -0.2) is 17.1 Å². The number of ether oxygens (including phenoxy) is 1. The Bertz CT molecular complexity index is 941. The molecule has 0 atom stereocenters. The molecule has 1 fully saturated rings. The summed E-state index contributed by atoms with van der Waals surface area (Å²) in [7, 11) is 0. The summed E-state index contributed by atoms with van der Waals surface area (Å²) in [5.74, 6) is -2.21. The van der Waals surface area contributed by atoms with Crippen molar-refractivity contribution in [3.8, 4) is 5.75 Å². The van der Waals surface area contributed by atoms with E-state index in [9.17, 15) is 13.2 Å². The first-order valence-corrected chi connectivity index (χ1v) is 8.47. The first-order chi connectivity index (χ1) is 12.6. The lowest BCUT2D eigenvalue weighted by atomic mass is 9.89. The van der Waals surface area contributed by atoms with E-state index >= 15 is 0 Å². The van der Waals surface area contributed by atoms with E-state index in [1.54, 1.807) is 24.5 Å². The van der Waals surface area contributed by atoms with E-state index < -0.39 is 11.6 Å². The molecular weight excluding hydrogens is 341 g/mol. The van der Waals surface area contributed by atoms with Gasteiger partial charge in [0.1, 0.15) is 11.9 Å². The number of rotatable bonds is 5. The first-order valence-electron chi connectivity index (χ1n) is 8.47. The number of aromatic nitrogens is 1. The van der Waals surface area contributed by atoms with Crippen molar-refractivity contribution < 1.29 is 17.9 Å². The molecule has 3 nitrogen and oxygen atoms in total. The van der Waals surface area contributed by atoms with Gasteiger partial charge in [0, 0.05) is 35.9 Å². The second-order valence-electron chi connectivity index (χ2n) is 6.46. The number of fused-ring (bicyclic) bond motifs is 1. The van der Waals surface area contributed by atoms with Crippen LogP contribution >= 0.6 is 0 Å². The second kappa shape index (κ2) is 6.96. The highest BCUT2D eigenvalue weighted by Crippen LogP contribution is 2.29. The molecule has 0 bridgehead atoms. The van der Waals surface area contributed by atoms with Crippen LogP contribution in [0.2, 0.25) is 0 Å². The minimum absolute atomic E-state index is 0.0685. The number of benzene rings is 2. The van der Waals surface area contributed by atoms with Crippen LogP contribution in [0.1, 0.15) is 18.4 Å². The zero-order valence-electron chi connectivity index (χ0n) is 13.9. The Hall–Kier alpha value is -2.60. The molecule has 1 aliphatic carbocycles. The monoisotopic (exact) mass is 358 g/mol. The average Bonchev–Trinajstić information content (AvgIpc) is 2.61. The van der Waals surface area contributed by atoms with Gasteiger partial charge in [0.2, 0.25) is 5.82 Å². The fourth-order valence-electron chi connectivity index (χ4n) is 3.22. The van der Waals surface area contributed by atoms with Gasteiger partial charge in [0.25, 0.3) is 0 Å². The Morgan fingerprint density at radius 2 is 1.88 bits per heavy atom. The van der Waals surface area contributed by atoms with Gasteiger partial charge in [-0.1, -0.05) is 6.07 Å². The molecule has 0 aliphatic heterocycles. The fraction of sp³-hybridized carbons (Fsp3) is 0.250. The van der Waals surface area contributed by atoms with Crippen molar-refractivity contribution in [3.05, 3.63) is 71.8 Å². The minimum Gasteiger partial charge on any atom is -0.487 e. The van der Waals surface area contributed by atoms with Crippen LogP contribution in [0.4, 0.5) is 13.2 Å². The first kappa shape index (κ1) is 16.8. The summed E-state index contributed by atoms with van der Waals surface area (Å²) in [5.41, 5.74) is 0.602. The van der Waals surface area contributed by atoms with E-state index in [1.165, 1.54) is 18.2 Å². The zero-order chi connectivity index (χ0) is 18.1. The molecule has 0 unspecified atom stereocenters. The number of hydrogen-bond donors (Lipinski definition) is 1. The van der Waals surface area contributed by atoms with Crippen molar-refractivity contribution >= 4 is 10.8 Å². The summed E-state index contributed by atoms with van der Waals surface area (Å²) >= 11 is 0. The van der Waals surface area contributed by atoms with Crippen LogP contribution in [0.3, 0.4) is 0 Å². The van der Waals surface area contributed by atoms with Crippen LogP contribution in [0.15, 0.2) is 48.8 Å². The minimum atomic E-state index is -0.963. The Balaban J connectivity index is 1.35. The molecule has 6 heteroatoms. The van der Waals surface area contributed by atoms with Gasteiger partial charge < -0.3 is 10.1 Å².